The van der Waals surface area contributed by atoms with E-state index in [1.807, 2.05) is 6.92 Å². The van der Waals surface area contributed by atoms with E-state index in [1.165, 1.54) is 25.0 Å². The van der Waals surface area contributed by atoms with Crippen LogP contribution in [0.4, 0.5) is 5.69 Å². The van der Waals surface area contributed by atoms with Crippen LogP contribution in [0.5, 0.6) is 0 Å². The van der Waals surface area contributed by atoms with E-state index >= 15 is 0 Å². The molecule has 0 radical (unpaired) electrons. The molecular weight excluding hydrogens is 338 g/mol. The maximum atomic E-state index is 12.1. The maximum absolute atomic E-state index is 12.1. The molecule has 0 bridgehead atoms. The molecule has 0 aliphatic carbocycles. The Balaban J connectivity index is 1.99. The number of benzene rings is 1. The lowest BCUT2D eigenvalue weighted by Gasteiger charge is -2.21. The van der Waals surface area contributed by atoms with Crippen molar-refractivity contribution in [1.29, 1.82) is 0 Å². The molecule has 0 spiro atoms. The van der Waals surface area contributed by atoms with Crippen LogP contribution >= 0.6 is 15.9 Å². The zero-order valence-corrected chi connectivity index (χ0v) is 13.4. The second-order valence-electron chi connectivity index (χ2n) is 5.31. The molecule has 7 heteroatoms. The van der Waals surface area contributed by atoms with Crippen LogP contribution in [0.25, 0.3) is 0 Å². The van der Waals surface area contributed by atoms with E-state index in [2.05, 4.69) is 26.1 Å². The number of hydrogen-bond donors (Lipinski definition) is 1. The van der Waals surface area contributed by atoms with Gasteiger partial charge in [-0.3, -0.25) is 14.9 Å². The summed E-state index contributed by atoms with van der Waals surface area (Å²) in [6, 6.07) is 4.41. The number of nitrogens with zero attached hydrogens (tertiary/aromatic N) is 2. The van der Waals surface area contributed by atoms with Gasteiger partial charge in [0.25, 0.3) is 11.6 Å². The van der Waals surface area contributed by atoms with Gasteiger partial charge in [-0.2, -0.15) is 0 Å². The number of likely N-dealkylation sites (tertiary alicyclic amines) is 1. The molecule has 1 aliphatic rings. The molecule has 1 aromatic carbocycles. The normalized spacial score (nSPS) is 16.7. The fourth-order valence-electron chi connectivity index (χ4n) is 2.50. The highest BCUT2D eigenvalue weighted by atomic mass is 79.9. The lowest BCUT2D eigenvalue weighted by Crippen LogP contribution is -2.41. The predicted molar refractivity (Wildman–Crippen MR) is 83.4 cm³/mol. The lowest BCUT2D eigenvalue weighted by molar-refractivity contribution is -0.385. The number of hydrogen-bond acceptors (Lipinski definition) is 4. The first-order valence-electron chi connectivity index (χ1n) is 6.94. The predicted octanol–water partition coefficient (Wildman–Crippen LogP) is 2.57. The van der Waals surface area contributed by atoms with Crippen molar-refractivity contribution in [2.75, 3.05) is 19.6 Å². The van der Waals surface area contributed by atoms with E-state index in [9.17, 15) is 14.9 Å². The Morgan fingerprint density at radius 1 is 1.48 bits per heavy atom. The van der Waals surface area contributed by atoms with Gasteiger partial charge in [0.15, 0.2) is 0 Å². The zero-order chi connectivity index (χ0) is 15.4. The highest BCUT2D eigenvalue weighted by Crippen LogP contribution is 2.25. The molecule has 0 saturated carbocycles. The molecule has 1 aliphatic heterocycles. The molecular formula is C14H18BrN3O3. The van der Waals surface area contributed by atoms with Crippen LogP contribution in [-0.4, -0.2) is 41.4 Å². The number of amides is 1. The smallest absolute Gasteiger partial charge is 0.284 e. The van der Waals surface area contributed by atoms with E-state index in [4.69, 9.17) is 0 Å². The molecule has 1 atom stereocenters. The molecule has 6 nitrogen and oxygen atoms in total. The van der Waals surface area contributed by atoms with E-state index < -0.39 is 4.92 Å². The summed E-state index contributed by atoms with van der Waals surface area (Å²) in [5.41, 5.74) is 0.202. The second kappa shape index (κ2) is 7.00. The minimum absolute atomic E-state index is 0.0123. The Hall–Kier alpha value is -1.47. The Morgan fingerprint density at radius 3 is 2.76 bits per heavy atom. The van der Waals surface area contributed by atoms with Gasteiger partial charge < -0.3 is 10.2 Å². The van der Waals surface area contributed by atoms with Crippen molar-refractivity contribution in [2.45, 2.75) is 25.8 Å². The summed E-state index contributed by atoms with van der Waals surface area (Å²) in [6.45, 7) is 4.90. The largest absolute Gasteiger partial charge is 0.348 e. The average molecular weight is 356 g/mol. The third-order valence-corrected chi connectivity index (χ3v) is 4.18. The highest BCUT2D eigenvalue weighted by molar-refractivity contribution is 9.10. The Morgan fingerprint density at radius 2 is 2.14 bits per heavy atom. The number of nitro benzene ring substituents is 1. The Bertz CT molecular complexity index is 544. The van der Waals surface area contributed by atoms with E-state index in [0.717, 1.165) is 19.6 Å². The minimum Gasteiger partial charge on any atom is -0.348 e. The maximum Gasteiger partial charge on any atom is 0.284 e. The average Bonchev–Trinajstić information content (AvgIpc) is 2.91. The van der Waals surface area contributed by atoms with Crippen molar-refractivity contribution in [2.24, 2.45) is 0 Å². The van der Waals surface area contributed by atoms with E-state index in [1.54, 1.807) is 6.07 Å². The van der Waals surface area contributed by atoms with Gasteiger partial charge in [0.05, 0.1) is 9.40 Å². The van der Waals surface area contributed by atoms with Gasteiger partial charge in [-0.05, 0) is 60.9 Å². The second-order valence-corrected chi connectivity index (χ2v) is 6.16. The van der Waals surface area contributed by atoms with Crippen molar-refractivity contribution in [3.8, 4) is 0 Å². The monoisotopic (exact) mass is 355 g/mol. The molecule has 1 fully saturated rings. The molecule has 1 unspecified atom stereocenters. The van der Waals surface area contributed by atoms with Crippen molar-refractivity contribution in [3.63, 3.8) is 0 Å². The van der Waals surface area contributed by atoms with Gasteiger partial charge in [0.1, 0.15) is 0 Å². The molecule has 114 valence electrons. The van der Waals surface area contributed by atoms with Crippen LogP contribution in [-0.2, 0) is 0 Å². The molecule has 1 aromatic rings. The summed E-state index contributed by atoms with van der Waals surface area (Å²) in [4.78, 5) is 24.8. The third-order valence-electron chi connectivity index (χ3n) is 3.51. The van der Waals surface area contributed by atoms with Crippen LogP contribution in [0.1, 0.15) is 30.1 Å². The first kappa shape index (κ1) is 15.9. The quantitative estimate of drug-likeness (QED) is 0.650. The summed E-state index contributed by atoms with van der Waals surface area (Å²) < 4.78 is 0.370. The van der Waals surface area contributed by atoms with Crippen LogP contribution in [0.3, 0.4) is 0 Å². The highest BCUT2D eigenvalue weighted by Gasteiger charge is 2.19. The topological polar surface area (TPSA) is 75.5 Å². The number of rotatable bonds is 5. The van der Waals surface area contributed by atoms with Crippen LogP contribution in [0, 0.1) is 10.1 Å². The Kier molecular flexibility index (Phi) is 5.30. The van der Waals surface area contributed by atoms with Gasteiger partial charge in [0.2, 0.25) is 0 Å². The van der Waals surface area contributed by atoms with Crippen LogP contribution in [0.15, 0.2) is 22.7 Å². The van der Waals surface area contributed by atoms with Gasteiger partial charge in [-0.15, -0.1) is 0 Å². The van der Waals surface area contributed by atoms with E-state index in [-0.39, 0.29) is 17.6 Å². The Labute approximate surface area is 131 Å². The molecule has 21 heavy (non-hydrogen) atoms. The molecule has 0 aromatic heterocycles. The van der Waals surface area contributed by atoms with Crippen molar-refractivity contribution in [3.05, 3.63) is 38.3 Å². The minimum atomic E-state index is -0.505. The summed E-state index contributed by atoms with van der Waals surface area (Å²) in [5.74, 6) is -0.280. The van der Waals surface area contributed by atoms with Crippen LogP contribution in [0.2, 0.25) is 0 Å². The lowest BCUT2D eigenvalue weighted by atomic mass is 10.1. The van der Waals surface area contributed by atoms with Gasteiger partial charge in [-0.1, -0.05) is 0 Å². The third kappa shape index (κ3) is 4.25. The van der Waals surface area contributed by atoms with Gasteiger partial charge in [-0.25, -0.2) is 0 Å². The fourth-order valence-corrected chi connectivity index (χ4v) is 2.89. The van der Waals surface area contributed by atoms with Crippen molar-refractivity contribution < 1.29 is 9.72 Å². The zero-order valence-electron chi connectivity index (χ0n) is 11.8. The summed E-state index contributed by atoms with van der Waals surface area (Å²) >= 11 is 3.11. The molecule has 1 N–H and O–H groups in total. The SMILES string of the molecule is CC(CN1CCCC1)NC(=O)c1ccc(Br)c([N+](=O)[O-])c1. The number of halogens is 1. The molecule has 1 heterocycles. The van der Waals surface area contributed by atoms with Gasteiger partial charge in [0, 0.05) is 24.2 Å². The summed E-state index contributed by atoms with van der Waals surface area (Å²) in [6.07, 6.45) is 2.42. The number of nitrogens with one attached hydrogen (secondary N) is 1. The summed E-state index contributed by atoms with van der Waals surface area (Å²) in [5, 5.41) is 13.8. The summed E-state index contributed by atoms with van der Waals surface area (Å²) in [7, 11) is 0. The van der Waals surface area contributed by atoms with Gasteiger partial charge >= 0.3 is 0 Å². The number of carbonyl (C=O) groups excluding carboxylic acids is 1. The first-order chi connectivity index (χ1) is 9.97. The van der Waals surface area contributed by atoms with Crippen molar-refractivity contribution in [1.82, 2.24) is 10.2 Å². The number of nitro groups is 1. The van der Waals surface area contributed by atoms with Crippen LogP contribution < -0.4 is 5.32 Å². The molecule has 2 rings (SSSR count). The first-order valence-corrected chi connectivity index (χ1v) is 7.74. The molecule has 1 saturated heterocycles. The molecule has 1 amide bonds. The van der Waals surface area contributed by atoms with Crippen molar-refractivity contribution >= 4 is 27.5 Å². The van der Waals surface area contributed by atoms with E-state index in [0.29, 0.717) is 10.0 Å². The standard InChI is InChI=1S/C14H18BrN3O3/c1-10(9-17-6-2-3-7-17)16-14(19)11-4-5-12(15)13(8-11)18(20)21/h4-5,8,10H,2-3,6-7,9H2,1H3,(H,16,19). The fraction of sp³-hybridized carbons (Fsp3) is 0.500. The number of carbonyl (C=O) groups is 1.